The van der Waals surface area contributed by atoms with Gasteiger partial charge in [0, 0.05) is 38.6 Å². The first-order chi connectivity index (χ1) is 7.77. The fraction of sp³-hybridized carbons (Fsp3) is 0.923. The molecule has 3 heteroatoms. The lowest BCUT2D eigenvalue weighted by Gasteiger charge is -2.50. The summed E-state index contributed by atoms with van der Waals surface area (Å²) in [6.45, 7) is 2.90. The molecule has 3 rings (SSSR count). The summed E-state index contributed by atoms with van der Waals surface area (Å²) in [4.78, 5) is 13.8. The van der Waals surface area contributed by atoms with Crippen molar-refractivity contribution in [3.05, 3.63) is 0 Å². The summed E-state index contributed by atoms with van der Waals surface area (Å²) in [6, 6.07) is 0.683. The number of hydrogen-bond acceptors (Lipinski definition) is 3. The van der Waals surface area contributed by atoms with Crippen molar-refractivity contribution in [2.24, 2.45) is 0 Å². The van der Waals surface area contributed by atoms with Crippen LogP contribution in [0.2, 0.25) is 0 Å². The summed E-state index contributed by atoms with van der Waals surface area (Å²) in [5.74, 6) is 0.446. The quantitative estimate of drug-likeness (QED) is 0.678. The number of nitrogens with zero attached hydrogens (tertiary/aromatic N) is 1. The third kappa shape index (κ3) is 1.91. The molecule has 0 aromatic rings. The van der Waals surface area contributed by atoms with Crippen LogP contribution in [0.1, 0.15) is 44.9 Å². The van der Waals surface area contributed by atoms with E-state index in [1.807, 2.05) is 0 Å². The molecule has 1 unspecified atom stereocenters. The zero-order chi connectivity index (χ0) is 11.0. The predicted octanol–water partition coefficient (Wildman–Crippen LogP) is 1.75. The number of likely N-dealkylation sites (tertiary alicyclic amines) is 1. The number of ether oxygens (including phenoxy) is 1. The molecule has 3 aliphatic rings. The third-order valence-corrected chi connectivity index (χ3v) is 4.60. The lowest BCUT2D eigenvalue weighted by atomic mass is 9.73. The summed E-state index contributed by atoms with van der Waals surface area (Å²) in [5.41, 5.74) is 0.240. The molecular formula is C13H21NO2. The van der Waals surface area contributed by atoms with Crippen molar-refractivity contribution in [1.82, 2.24) is 4.90 Å². The molecule has 0 bridgehead atoms. The Morgan fingerprint density at radius 3 is 2.62 bits per heavy atom. The second-order valence-corrected chi connectivity index (χ2v) is 5.61. The van der Waals surface area contributed by atoms with Crippen LogP contribution in [0.5, 0.6) is 0 Å². The minimum Gasteiger partial charge on any atom is -0.375 e. The molecule has 3 fully saturated rings. The van der Waals surface area contributed by atoms with Gasteiger partial charge in [-0.15, -0.1) is 0 Å². The van der Waals surface area contributed by atoms with Crippen molar-refractivity contribution in [1.29, 1.82) is 0 Å². The summed E-state index contributed by atoms with van der Waals surface area (Å²) >= 11 is 0. The van der Waals surface area contributed by atoms with Crippen molar-refractivity contribution < 1.29 is 9.53 Å². The average Bonchev–Trinajstić information content (AvgIpc) is 2.28. The maximum absolute atomic E-state index is 11.2. The van der Waals surface area contributed by atoms with E-state index in [1.54, 1.807) is 0 Å². The molecule has 2 saturated heterocycles. The minimum atomic E-state index is 0.240. The lowest BCUT2D eigenvalue weighted by Crippen LogP contribution is -2.53. The van der Waals surface area contributed by atoms with Crippen molar-refractivity contribution in [2.75, 3.05) is 19.7 Å². The zero-order valence-electron chi connectivity index (χ0n) is 9.91. The van der Waals surface area contributed by atoms with Gasteiger partial charge >= 0.3 is 0 Å². The van der Waals surface area contributed by atoms with Gasteiger partial charge in [-0.25, -0.2) is 0 Å². The molecular weight excluding hydrogens is 202 g/mol. The van der Waals surface area contributed by atoms with E-state index in [1.165, 1.54) is 25.7 Å². The van der Waals surface area contributed by atoms with Crippen LogP contribution in [0.15, 0.2) is 0 Å². The molecule has 2 aliphatic heterocycles. The Kier molecular flexibility index (Phi) is 2.76. The minimum absolute atomic E-state index is 0.240. The second-order valence-electron chi connectivity index (χ2n) is 5.61. The van der Waals surface area contributed by atoms with Gasteiger partial charge in [0.05, 0.1) is 5.60 Å². The maximum atomic E-state index is 11.2. The second kappa shape index (κ2) is 4.11. The average molecular weight is 223 g/mol. The third-order valence-electron chi connectivity index (χ3n) is 4.60. The van der Waals surface area contributed by atoms with Crippen molar-refractivity contribution in [3.63, 3.8) is 0 Å². The number of Topliss-reactive ketones (excluding diaryl/α,β-unsaturated/α-hetero) is 1. The highest BCUT2D eigenvalue weighted by molar-refractivity contribution is 5.79. The highest BCUT2D eigenvalue weighted by Gasteiger charge is 2.44. The van der Waals surface area contributed by atoms with Gasteiger partial charge in [-0.05, 0) is 32.1 Å². The van der Waals surface area contributed by atoms with Crippen molar-refractivity contribution >= 4 is 5.78 Å². The molecule has 1 saturated carbocycles. The molecule has 1 aliphatic carbocycles. The Hall–Kier alpha value is -0.410. The van der Waals surface area contributed by atoms with Crippen LogP contribution in [0.3, 0.4) is 0 Å². The Morgan fingerprint density at radius 2 is 2.00 bits per heavy atom. The largest absolute Gasteiger partial charge is 0.375 e. The lowest BCUT2D eigenvalue weighted by molar-refractivity contribution is -0.151. The number of hydrogen-bond donors (Lipinski definition) is 0. The van der Waals surface area contributed by atoms with Gasteiger partial charge in [-0.3, -0.25) is 9.69 Å². The van der Waals surface area contributed by atoms with Crippen LogP contribution in [0, 0.1) is 0 Å². The van der Waals surface area contributed by atoms with E-state index in [9.17, 15) is 4.79 Å². The van der Waals surface area contributed by atoms with Crippen LogP contribution in [0.25, 0.3) is 0 Å². The number of piperidine rings is 1. The standard InChI is InChI=1S/C13H21NO2/c15-12-2-7-14(8-3-12)11-4-9-16-13(10-11)5-1-6-13/h11H,1-10H2. The van der Waals surface area contributed by atoms with Gasteiger partial charge in [-0.2, -0.15) is 0 Å². The van der Waals surface area contributed by atoms with E-state index in [-0.39, 0.29) is 5.60 Å². The van der Waals surface area contributed by atoms with Gasteiger partial charge in [0.25, 0.3) is 0 Å². The van der Waals surface area contributed by atoms with E-state index < -0.39 is 0 Å². The summed E-state index contributed by atoms with van der Waals surface area (Å²) in [5, 5.41) is 0. The molecule has 1 atom stereocenters. The number of rotatable bonds is 1. The fourth-order valence-electron chi connectivity index (χ4n) is 3.37. The van der Waals surface area contributed by atoms with Gasteiger partial charge in [0.1, 0.15) is 5.78 Å². The highest BCUT2D eigenvalue weighted by atomic mass is 16.5. The van der Waals surface area contributed by atoms with E-state index in [0.717, 1.165) is 39.0 Å². The van der Waals surface area contributed by atoms with Crippen LogP contribution in [0.4, 0.5) is 0 Å². The Bertz CT molecular complexity index is 276. The van der Waals surface area contributed by atoms with Gasteiger partial charge in [0.15, 0.2) is 0 Å². The van der Waals surface area contributed by atoms with Gasteiger partial charge in [0.2, 0.25) is 0 Å². The smallest absolute Gasteiger partial charge is 0.135 e. The molecule has 0 amide bonds. The van der Waals surface area contributed by atoms with Crippen LogP contribution in [-0.4, -0.2) is 42.0 Å². The predicted molar refractivity (Wildman–Crippen MR) is 61.4 cm³/mol. The van der Waals surface area contributed by atoms with Crippen LogP contribution < -0.4 is 0 Å². The molecule has 0 aromatic carbocycles. The Balaban J connectivity index is 1.59. The molecule has 0 N–H and O–H groups in total. The Labute approximate surface area is 97.1 Å². The molecule has 0 radical (unpaired) electrons. The monoisotopic (exact) mass is 223 g/mol. The summed E-state index contributed by atoms with van der Waals surface area (Å²) in [7, 11) is 0. The number of ketones is 1. The van der Waals surface area contributed by atoms with E-state index in [0.29, 0.717) is 11.8 Å². The van der Waals surface area contributed by atoms with E-state index in [4.69, 9.17) is 4.74 Å². The number of carbonyl (C=O) groups is 1. The van der Waals surface area contributed by atoms with E-state index in [2.05, 4.69) is 4.90 Å². The zero-order valence-corrected chi connectivity index (χ0v) is 9.91. The van der Waals surface area contributed by atoms with Crippen LogP contribution >= 0.6 is 0 Å². The first-order valence-electron chi connectivity index (χ1n) is 6.67. The topological polar surface area (TPSA) is 29.5 Å². The van der Waals surface area contributed by atoms with Crippen molar-refractivity contribution in [3.8, 4) is 0 Å². The van der Waals surface area contributed by atoms with Crippen molar-refractivity contribution in [2.45, 2.75) is 56.6 Å². The Morgan fingerprint density at radius 1 is 1.25 bits per heavy atom. The van der Waals surface area contributed by atoms with Crippen LogP contribution in [-0.2, 0) is 9.53 Å². The molecule has 3 nitrogen and oxygen atoms in total. The van der Waals surface area contributed by atoms with Gasteiger partial charge in [-0.1, -0.05) is 0 Å². The fourth-order valence-corrected chi connectivity index (χ4v) is 3.37. The summed E-state index contributed by atoms with van der Waals surface area (Å²) < 4.78 is 5.95. The molecule has 16 heavy (non-hydrogen) atoms. The number of carbonyl (C=O) groups excluding carboxylic acids is 1. The first-order valence-corrected chi connectivity index (χ1v) is 6.67. The first kappa shape index (κ1) is 10.7. The molecule has 1 spiro atoms. The maximum Gasteiger partial charge on any atom is 0.135 e. The van der Waals surface area contributed by atoms with Gasteiger partial charge < -0.3 is 4.74 Å². The van der Waals surface area contributed by atoms with E-state index >= 15 is 0 Å². The molecule has 90 valence electrons. The molecule has 0 aromatic heterocycles. The normalized spacial score (nSPS) is 35.0. The molecule has 2 heterocycles. The SMILES string of the molecule is O=C1CCN(C2CCOC3(CCC3)C2)CC1. The summed E-state index contributed by atoms with van der Waals surface area (Å²) in [6.07, 6.45) is 7.77. The highest BCUT2D eigenvalue weighted by Crippen LogP contribution is 2.43.